The van der Waals surface area contributed by atoms with Crippen molar-refractivity contribution < 1.29 is 14.3 Å². The molecule has 1 atom stereocenters. The maximum atomic E-state index is 12.0. The van der Waals surface area contributed by atoms with E-state index in [4.69, 9.17) is 10.5 Å². The lowest BCUT2D eigenvalue weighted by Gasteiger charge is -2.17. The molecule has 0 aliphatic carbocycles. The van der Waals surface area contributed by atoms with Crippen LogP contribution in [0.1, 0.15) is 26.7 Å². The SMILES string of the molecule is CC(C)[C@H](N)C(=O)Nc1cccc(OCC(=O)N2CCCC2)c1. The summed E-state index contributed by atoms with van der Waals surface area (Å²) < 4.78 is 5.54. The molecule has 1 aliphatic rings. The highest BCUT2D eigenvalue weighted by molar-refractivity contribution is 5.95. The number of hydrogen-bond acceptors (Lipinski definition) is 4. The number of ether oxygens (including phenoxy) is 1. The number of rotatable bonds is 6. The lowest BCUT2D eigenvalue weighted by atomic mass is 10.0. The Morgan fingerprint density at radius 3 is 2.65 bits per heavy atom. The lowest BCUT2D eigenvalue weighted by Crippen LogP contribution is -2.39. The smallest absolute Gasteiger partial charge is 0.260 e. The summed E-state index contributed by atoms with van der Waals surface area (Å²) in [6.07, 6.45) is 2.12. The first-order valence-electron chi connectivity index (χ1n) is 8.04. The van der Waals surface area contributed by atoms with Gasteiger partial charge in [0, 0.05) is 24.8 Å². The minimum Gasteiger partial charge on any atom is -0.484 e. The molecule has 2 amide bonds. The van der Waals surface area contributed by atoms with E-state index in [9.17, 15) is 9.59 Å². The maximum absolute atomic E-state index is 12.0. The maximum Gasteiger partial charge on any atom is 0.260 e. The topological polar surface area (TPSA) is 84.7 Å². The van der Waals surface area contributed by atoms with E-state index in [2.05, 4.69) is 5.32 Å². The fraction of sp³-hybridized carbons (Fsp3) is 0.529. The minimum absolute atomic E-state index is 0.00114. The molecule has 126 valence electrons. The number of likely N-dealkylation sites (tertiary alicyclic amines) is 1. The summed E-state index contributed by atoms with van der Waals surface area (Å²) in [5.74, 6) is 0.380. The molecule has 6 nitrogen and oxygen atoms in total. The minimum atomic E-state index is -0.559. The molecule has 6 heteroatoms. The third kappa shape index (κ3) is 4.96. The third-order valence-corrected chi connectivity index (χ3v) is 3.94. The van der Waals surface area contributed by atoms with Gasteiger partial charge in [-0.05, 0) is 30.9 Å². The second-order valence-corrected chi connectivity index (χ2v) is 6.16. The molecule has 0 radical (unpaired) electrons. The highest BCUT2D eigenvalue weighted by atomic mass is 16.5. The van der Waals surface area contributed by atoms with Crippen molar-refractivity contribution >= 4 is 17.5 Å². The third-order valence-electron chi connectivity index (χ3n) is 3.94. The van der Waals surface area contributed by atoms with E-state index < -0.39 is 6.04 Å². The molecule has 1 aromatic rings. The number of benzene rings is 1. The summed E-state index contributed by atoms with van der Waals surface area (Å²) in [4.78, 5) is 25.7. The monoisotopic (exact) mass is 319 g/mol. The van der Waals surface area contributed by atoms with Crippen LogP contribution < -0.4 is 15.8 Å². The Kier molecular flexibility index (Phi) is 5.98. The lowest BCUT2D eigenvalue weighted by molar-refractivity contribution is -0.132. The van der Waals surface area contributed by atoms with Gasteiger partial charge in [0.1, 0.15) is 5.75 Å². The molecule has 0 spiro atoms. The van der Waals surface area contributed by atoms with Gasteiger partial charge in [-0.3, -0.25) is 9.59 Å². The van der Waals surface area contributed by atoms with E-state index in [0.717, 1.165) is 25.9 Å². The fourth-order valence-corrected chi connectivity index (χ4v) is 2.39. The summed E-state index contributed by atoms with van der Waals surface area (Å²) >= 11 is 0. The number of carbonyl (C=O) groups excluding carboxylic acids is 2. The van der Waals surface area contributed by atoms with E-state index in [1.54, 1.807) is 24.3 Å². The summed E-state index contributed by atoms with van der Waals surface area (Å²) in [6.45, 7) is 5.43. The largest absolute Gasteiger partial charge is 0.484 e. The molecule has 1 heterocycles. The molecule has 1 fully saturated rings. The van der Waals surface area contributed by atoms with Crippen molar-refractivity contribution in [3.63, 3.8) is 0 Å². The molecule has 0 unspecified atom stereocenters. The highest BCUT2D eigenvalue weighted by Crippen LogP contribution is 2.18. The van der Waals surface area contributed by atoms with Crippen LogP contribution in [0.15, 0.2) is 24.3 Å². The van der Waals surface area contributed by atoms with Gasteiger partial charge in [0.25, 0.3) is 5.91 Å². The Balaban J connectivity index is 1.89. The zero-order chi connectivity index (χ0) is 16.8. The van der Waals surface area contributed by atoms with Crippen molar-refractivity contribution in [1.29, 1.82) is 0 Å². The van der Waals surface area contributed by atoms with Crippen molar-refractivity contribution in [2.45, 2.75) is 32.7 Å². The fourth-order valence-electron chi connectivity index (χ4n) is 2.39. The molecular formula is C17H25N3O3. The predicted molar refractivity (Wildman–Crippen MR) is 89.2 cm³/mol. The molecule has 0 saturated carbocycles. The van der Waals surface area contributed by atoms with E-state index in [0.29, 0.717) is 11.4 Å². The van der Waals surface area contributed by atoms with Crippen molar-refractivity contribution in [2.24, 2.45) is 11.7 Å². The van der Waals surface area contributed by atoms with Gasteiger partial charge in [0.2, 0.25) is 5.91 Å². The number of anilines is 1. The highest BCUT2D eigenvalue weighted by Gasteiger charge is 2.19. The van der Waals surface area contributed by atoms with Gasteiger partial charge in [0.05, 0.1) is 6.04 Å². The molecular weight excluding hydrogens is 294 g/mol. The van der Waals surface area contributed by atoms with Gasteiger partial charge in [0.15, 0.2) is 6.61 Å². The summed E-state index contributed by atoms with van der Waals surface area (Å²) in [5, 5.41) is 2.77. The molecule has 1 aliphatic heterocycles. The van der Waals surface area contributed by atoms with Gasteiger partial charge >= 0.3 is 0 Å². The van der Waals surface area contributed by atoms with Crippen LogP contribution in [0, 0.1) is 5.92 Å². The Hall–Kier alpha value is -2.08. The number of nitrogens with one attached hydrogen (secondary N) is 1. The zero-order valence-corrected chi connectivity index (χ0v) is 13.7. The van der Waals surface area contributed by atoms with Crippen molar-refractivity contribution in [1.82, 2.24) is 4.90 Å². The van der Waals surface area contributed by atoms with Gasteiger partial charge in [-0.1, -0.05) is 19.9 Å². The van der Waals surface area contributed by atoms with Gasteiger partial charge in [-0.15, -0.1) is 0 Å². The summed E-state index contributed by atoms with van der Waals surface area (Å²) in [5.41, 5.74) is 6.43. The van der Waals surface area contributed by atoms with E-state index in [1.807, 2.05) is 18.7 Å². The van der Waals surface area contributed by atoms with Crippen LogP contribution in [0.3, 0.4) is 0 Å². The predicted octanol–water partition coefficient (Wildman–Crippen LogP) is 1.61. The number of nitrogens with zero attached hydrogens (tertiary/aromatic N) is 1. The van der Waals surface area contributed by atoms with Crippen molar-refractivity contribution in [3.05, 3.63) is 24.3 Å². The molecule has 1 saturated heterocycles. The van der Waals surface area contributed by atoms with Crippen LogP contribution >= 0.6 is 0 Å². The molecule has 0 aromatic heterocycles. The first-order valence-corrected chi connectivity index (χ1v) is 8.04. The van der Waals surface area contributed by atoms with Crippen molar-refractivity contribution in [3.8, 4) is 5.75 Å². The first kappa shape index (κ1) is 17.3. The Morgan fingerprint density at radius 2 is 2.00 bits per heavy atom. The Morgan fingerprint density at radius 1 is 1.30 bits per heavy atom. The van der Waals surface area contributed by atoms with E-state index in [1.165, 1.54) is 0 Å². The molecule has 0 bridgehead atoms. The Labute approximate surface area is 137 Å². The Bertz CT molecular complexity index is 554. The summed E-state index contributed by atoms with van der Waals surface area (Å²) in [7, 11) is 0. The molecule has 3 N–H and O–H groups in total. The van der Waals surface area contributed by atoms with Gasteiger partial charge < -0.3 is 20.7 Å². The van der Waals surface area contributed by atoms with Crippen LogP contribution in [0.5, 0.6) is 5.75 Å². The van der Waals surface area contributed by atoms with Crippen LogP contribution in [-0.2, 0) is 9.59 Å². The van der Waals surface area contributed by atoms with E-state index in [-0.39, 0.29) is 24.3 Å². The van der Waals surface area contributed by atoms with Crippen LogP contribution in [0.25, 0.3) is 0 Å². The van der Waals surface area contributed by atoms with E-state index >= 15 is 0 Å². The van der Waals surface area contributed by atoms with Crippen LogP contribution in [0.2, 0.25) is 0 Å². The first-order chi connectivity index (χ1) is 11.0. The van der Waals surface area contributed by atoms with Crippen molar-refractivity contribution in [2.75, 3.05) is 25.0 Å². The number of nitrogens with two attached hydrogens (primary N) is 1. The number of amides is 2. The molecule has 23 heavy (non-hydrogen) atoms. The molecule has 2 rings (SSSR count). The second kappa shape index (κ2) is 7.97. The zero-order valence-electron chi connectivity index (χ0n) is 13.7. The average molecular weight is 319 g/mol. The molecule has 1 aromatic carbocycles. The van der Waals surface area contributed by atoms with Crippen LogP contribution in [-0.4, -0.2) is 42.5 Å². The van der Waals surface area contributed by atoms with Gasteiger partial charge in [-0.25, -0.2) is 0 Å². The van der Waals surface area contributed by atoms with Crippen LogP contribution in [0.4, 0.5) is 5.69 Å². The number of carbonyl (C=O) groups is 2. The average Bonchev–Trinajstić information content (AvgIpc) is 3.06. The van der Waals surface area contributed by atoms with Gasteiger partial charge in [-0.2, -0.15) is 0 Å². The standard InChI is InChI=1S/C17H25N3O3/c1-12(2)16(18)17(22)19-13-6-5-7-14(10-13)23-11-15(21)20-8-3-4-9-20/h5-7,10,12,16H,3-4,8-9,11,18H2,1-2H3,(H,19,22)/t16-/m0/s1. The second-order valence-electron chi connectivity index (χ2n) is 6.16. The number of hydrogen-bond donors (Lipinski definition) is 2. The summed E-state index contributed by atoms with van der Waals surface area (Å²) in [6, 6.07) is 6.43. The normalized spacial score (nSPS) is 15.6. The quantitative estimate of drug-likeness (QED) is 0.834.